The molecule has 1 saturated heterocycles. The summed E-state index contributed by atoms with van der Waals surface area (Å²) in [6.07, 6.45) is 4.26. The van der Waals surface area contributed by atoms with Gasteiger partial charge in [-0.05, 0) is 31.7 Å². The maximum Gasteiger partial charge on any atom is 0.0119 e. The van der Waals surface area contributed by atoms with Crippen LogP contribution in [-0.4, -0.2) is 62.2 Å². The molecule has 106 valence electrons. The molecule has 2 fully saturated rings. The van der Waals surface area contributed by atoms with Crippen molar-refractivity contribution in [2.24, 2.45) is 11.8 Å². The van der Waals surface area contributed by atoms with Crippen LogP contribution in [0.5, 0.6) is 0 Å². The molecule has 0 aromatic rings. The molecule has 0 bridgehead atoms. The maximum atomic E-state index is 3.82. The third-order valence-electron chi connectivity index (χ3n) is 4.95. The predicted octanol–water partition coefficient (Wildman–Crippen LogP) is 1.65. The monoisotopic (exact) mass is 253 g/mol. The summed E-state index contributed by atoms with van der Waals surface area (Å²) in [6, 6.07) is 0.756. The molecule has 2 unspecified atom stereocenters. The van der Waals surface area contributed by atoms with Crippen LogP contribution in [0.2, 0.25) is 0 Å². The van der Waals surface area contributed by atoms with Crippen molar-refractivity contribution in [2.75, 3.05) is 46.3 Å². The van der Waals surface area contributed by atoms with Crippen molar-refractivity contribution in [3.05, 3.63) is 0 Å². The van der Waals surface area contributed by atoms with Gasteiger partial charge >= 0.3 is 0 Å². The van der Waals surface area contributed by atoms with E-state index in [0.29, 0.717) is 0 Å². The standard InChI is InChI=1S/C15H31N3/c1-13-5-4-6-14(2)15(13)16-7-8-18-11-9-17(3)10-12-18/h13-16H,4-12H2,1-3H3. The molecule has 3 nitrogen and oxygen atoms in total. The minimum atomic E-state index is 0.756. The summed E-state index contributed by atoms with van der Waals surface area (Å²) in [4.78, 5) is 5.03. The second-order valence-corrected chi connectivity index (χ2v) is 6.51. The van der Waals surface area contributed by atoms with Crippen molar-refractivity contribution in [1.82, 2.24) is 15.1 Å². The SMILES string of the molecule is CC1CCCC(C)C1NCCN1CCN(C)CC1. The van der Waals surface area contributed by atoms with Gasteiger partial charge in [-0.1, -0.05) is 20.3 Å². The van der Waals surface area contributed by atoms with E-state index in [1.54, 1.807) is 0 Å². The van der Waals surface area contributed by atoms with Gasteiger partial charge in [-0.3, -0.25) is 4.90 Å². The number of nitrogens with zero attached hydrogens (tertiary/aromatic N) is 2. The molecule has 3 heteroatoms. The number of piperazine rings is 1. The average molecular weight is 253 g/mol. The summed E-state index contributed by atoms with van der Waals surface area (Å²) in [5, 5.41) is 3.82. The molecule has 2 rings (SSSR count). The highest BCUT2D eigenvalue weighted by Crippen LogP contribution is 2.28. The van der Waals surface area contributed by atoms with Crippen LogP contribution < -0.4 is 5.32 Å². The normalized spacial score (nSPS) is 35.8. The molecule has 1 aliphatic heterocycles. The fourth-order valence-corrected chi connectivity index (χ4v) is 3.54. The van der Waals surface area contributed by atoms with Crippen LogP contribution in [0.1, 0.15) is 33.1 Å². The van der Waals surface area contributed by atoms with Crippen molar-refractivity contribution >= 4 is 0 Å². The number of rotatable bonds is 4. The lowest BCUT2D eigenvalue weighted by atomic mass is 9.79. The van der Waals surface area contributed by atoms with E-state index >= 15 is 0 Å². The van der Waals surface area contributed by atoms with Crippen LogP contribution in [0.25, 0.3) is 0 Å². The van der Waals surface area contributed by atoms with Gasteiger partial charge in [0.05, 0.1) is 0 Å². The Labute approximate surface area is 113 Å². The number of likely N-dealkylation sites (N-methyl/N-ethyl adjacent to an activating group) is 1. The van der Waals surface area contributed by atoms with Gasteiger partial charge in [-0.2, -0.15) is 0 Å². The molecular weight excluding hydrogens is 222 g/mol. The molecule has 0 aromatic carbocycles. The van der Waals surface area contributed by atoms with Crippen LogP contribution in [0, 0.1) is 11.8 Å². The Morgan fingerprint density at radius 2 is 1.61 bits per heavy atom. The molecule has 0 aromatic heterocycles. The first-order chi connectivity index (χ1) is 8.66. The lowest BCUT2D eigenvalue weighted by Crippen LogP contribution is -2.49. The third kappa shape index (κ3) is 3.94. The largest absolute Gasteiger partial charge is 0.312 e. The lowest BCUT2D eigenvalue weighted by molar-refractivity contribution is 0.145. The van der Waals surface area contributed by atoms with Crippen molar-refractivity contribution in [3.63, 3.8) is 0 Å². The molecule has 18 heavy (non-hydrogen) atoms. The molecule has 1 N–H and O–H groups in total. The second kappa shape index (κ2) is 6.88. The van der Waals surface area contributed by atoms with Crippen LogP contribution in [0.4, 0.5) is 0 Å². The molecule has 1 aliphatic carbocycles. The first kappa shape index (κ1) is 14.3. The quantitative estimate of drug-likeness (QED) is 0.822. The molecule has 0 amide bonds. The Balaban J connectivity index is 1.65. The van der Waals surface area contributed by atoms with E-state index in [9.17, 15) is 0 Å². The summed E-state index contributed by atoms with van der Waals surface area (Å²) in [5.41, 5.74) is 0. The molecule has 0 spiro atoms. The Morgan fingerprint density at radius 1 is 1.00 bits per heavy atom. The summed E-state index contributed by atoms with van der Waals surface area (Å²) in [5.74, 6) is 1.72. The smallest absolute Gasteiger partial charge is 0.0119 e. The fraction of sp³-hybridized carbons (Fsp3) is 1.00. The lowest BCUT2D eigenvalue weighted by Gasteiger charge is -2.37. The molecule has 2 atom stereocenters. The first-order valence-corrected chi connectivity index (χ1v) is 7.81. The van der Waals surface area contributed by atoms with E-state index < -0.39 is 0 Å². The van der Waals surface area contributed by atoms with Gasteiger partial charge in [-0.15, -0.1) is 0 Å². The topological polar surface area (TPSA) is 18.5 Å². The Bertz CT molecular complexity index is 226. The van der Waals surface area contributed by atoms with Gasteiger partial charge < -0.3 is 10.2 Å². The summed E-state index contributed by atoms with van der Waals surface area (Å²) in [7, 11) is 2.22. The van der Waals surface area contributed by atoms with E-state index in [1.807, 2.05) is 0 Å². The molecule has 0 radical (unpaired) electrons. The Hall–Kier alpha value is -0.120. The molecule has 1 saturated carbocycles. The molecule has 2 aliphatic rings. The zero-order chi connectivity index (χ0) is 13.0. The van der Waals surface area contributed by atoms with Gasteiger partial charge in [0.1, 0.15) is 0 Å². The minimum absolute atomic E-state index is 0.756. The van der Waals surface area contributed by atoms with Crippen molar-refractivity contribution in [3.8, 4) is 0 Å². The summed E-state index contributed by atoms with van der Waals surface area (Å²) >= 11 is 0. The van der Waals surface area contributed by atoms with Crippen LogP contribution in [-0.2, 0) is 0 Å². The Kier molecular flexibility index (Phi) is 5.46. The predicted molar refractivity (Wildman–Crippen MR) is 77.9 cm³/mol. The van der Waals surface area contributed by atoms with Gasteiger partial charge in [0.25, 0.3) is 0 Å². The van der Waals surface area contributed by atoms with E-state index in [0.717, 1.165) is 17.9 Å². The highest BCUT2D eigenvalue weighted by Gasteiger charge is 2.27. The zero-order valence-corrected chi connectivity index (χ0v) is 12.5. The summed E-state index contributed by atoms with van der Waals surface area (Å²) < 4.78 is 0. The van der Waals surface area contributed by atoms with Crippen molar-refractivity contribution in [1.29, 1.82) is 0 Å². The second-order valence-electron chi connectivity index (χ2n) is 6.51. The number of hydrogen-bond donors (Lipinski definition) is 1. The minimum Gasteiger partial charge on any atom is -0.312 e. The maximum absolute atomic E-state index is 3.82. The highest BCUT2D eigenvalue weighted by molar-refractivity contribution is 4.83. The Morgan fingerprint density at radius 3 is 2.22 bits per heavy atom. The van der Waals surface area contributed by atoms with E-state index in [-0.39, 0.29) is 0 Å². The highest BCUT2D eigenvalue weighted by atomic mass is 15.2. The number of nitrogens with one attached hydrogen (secondary N) is 1. The fourth-order valence-electron chi connectivity index (χ4n) is 3.54. The number of hydrogen-bond acceptors (Lipinski definition) is 3. The first-order valence-electron chi connectivity index (χ1n) is 7.81. The molecule has 1 heterocycles. The third-order valence-corrected chi connectivity index (χ3v) is 4.95. The van der Waals surface area contributed by atoms with Crippen LogP contribution >= 0.6 is 0 Å². The van der Waals surface area contributed by atoms with Gasteiger partial charge in [0.15, 0.2) is 0 Å². The van der Waals surface area contributed by atoms with Crippen molar-refractivity contribution in [2.45, 2.75) is 39.2 Å². The van der Waals surface area contributed by atoms with Gasteiger partial charge in [0.2, 0.25) is 0 Å². The summed E-state index contributed by atoms with van der Waals surface area (Å²) in [6.45, 7) is 12.2. The zero-order valence-electron chi connectivity index (χ0n) is 12.5. The van der Waals surface area contributed by atoms with Gasteiger partial charge in [-0.25, -0.2) is 0 Å². The van der Waals surface area contributed by atoms with Gasteiger partial charge in [0, 0.05) is 45.3 Å². The average Bonchev–Trinajstić information content (AvgIpc) is 2.35. The van der Waals surface area contributed by atoms with Crippen LogP contribution in [0.15, 0.2) is 0 Å². The van der Waals surface area contributed by atoms with E-state index in [2.05, 4.69) is 36.0 Å². The van der Waals surface area contributed by atoms with Crippen molar-refractivity contribution < 1.29 is 0 Å². The van der Waals surface area contributed by atoms with E-state index in [4.69, 9.17) is 0 Å². The van der Waals surface area contributed by atoms with Crippen LogP contribution in [0.3, 0.4) is 0 Å². The van der Waals surface area contributed by atoms with E-state index in [1.165, 1.54) is 58.5 Å². The molecular formula is C15H31N3.